The van der Waals surface area contributed by atoms with Crippen molar-refractivity contribution in [3.63, 3.8) is 0 Å². The van der Waals surface area contributed by atoms with Crippen LogP contribution in [0.5, 0.6) is 0 Å². The van der Waals surface area contributed by atoms with Crippen molar-refractivity contribution in [3.8, 4) is 11.1 Å². The minimum Gasteiger partial charge on any atom is -0.376 e. The summed E-state index contributed by atoms with van der Waals surface area (Å²) in [6.45, 7) is 24.6. The van der Waals surface area contributed by atoms with E-state index < -0.39 is 0 Å². The van der Waals surface area contributed by atoms with Crippen LogP contribution in [0.15, 0.2) is 121 Å². The van der Waals surface area contributed by atoms with Crippen LogP contribution in [-0.4, -0.2) is 12.4 Å². The van der Waals surface area contributed by atoms with Gasteiger partial charge in [-0.1, -0.05) is 134 Å². The normalized spacial score (nSPS) is 21.1. The Morgan fingerprint density at radius 1 is 0.586 bits per heavy atom. The molecule has 0 radical (unpaired) electrons. The fraction of sp³-hybridized carbons (Fsp3) is 0.354. The van der Waals surface area contributed by atoms with E-state index >= 15 is 0 Å². The lowest BCUT2D eigenvalue weighted by molar-refractivity contribution is 0.195. The number of nitrogens with zero attached hydrogens (tertiary/aromatic N) is 3. The Morgan fingerprint density at radius 2 is 1.26 bits per heavy atom. The first kappa shape index (κ1) is 44.2. The molecule has 0 bridgehead atoms. The standard InChI is InChI=1S/C65H68BN3S/c1-11-12-23-43-33-51-61-52(34-43)66-60-48(35-44(36-57(60)68(61)65(10)29-20-19-28-64(51,65)9)67(53-25-16-13-21-40(53)2)54-26-17-14-22-41(54)3)46-38-59-47(45-24-15-18-27-58(45)70-59)37-56(46)69(66)55-39-50-49(32-42(55)4)62(5,6)30-31-63(50,7)8/h13-18,21-22,24-27,32-39H,11-12,19-20,23,28-31H2,1-10H3. The maximum absolute atomic E-state index is 2.94. The zero-order valence-corrected chi connectivity index (χ0v) is 44.1. The van der Waals surface area contributed by atoms with E-state index in [1.807, 2.05) is 11.3 Å². The van der Waals surface area contributed by atoms with E-state index in [1.165, 1.54) is 167 Å². The molecule has 4 heterocycles. The second-order valence-corrected chi connectivity index (χ2v) is 24.9. The van der Waals surface area contributed by atoms with Crippen LogP contribution in [0.25, 0.3) is 31.3 Å². The summed E-state index contributed by atoms with van der Waals surface area (Å²) in [5, 5.41) is 2.70. The Labute approximate surface area is 421 Å². The van der Waals surface area contributed by atoms with Gasteiger partial charge in [-0.2, -0.15) is 0 Å². The molecule has 352 valence electrons. The molecule has 3 nitrogen and oxygen atoms in total. The highest BCUT2D eigenvalue weighted by Crippen LogP contribution is 2.63. The molecule has 1 aromatic heterocycles. The summed E-state index contributed by atoms with van der Waals surface area (Å²) < 4.78 is 2.70. The number of rotatable bonds is 7. The number of benzene rings is 7. The second kappa shape index (κ2) is 15.4. The third-order valence-electron chi connectivity index (χ3n) is 18.8. The summed E-state index contributed by atoms with van der Waals surface area (Å²) in [4.78, 5) is 8.41. The number of hydrogen-bond acceptors (Lipinski definition) is 4. The minimum absolute atomic E-state index is 0.00376. The van der Waals surface area contributed by atoms with Crippen molar-refractivity contribution in [2.45, 2.75) is 149 Å². The Hall–Kier alpha value is -5.78. The molecule has 0 N–H and O–H groups in total. The Morgan fingerprint density at radius 3 is 1.97 bits per heavy atom. The van der Waals surface area contributed by atoms with Gasteiger partial charge in [-0.3, -0.25) is 0 Å². The van der Waals surface area contributed by atoms with E-state index in [0.29, 0.717) is 0 Å². The summed E-state index contributed by atoms with van der Waals surface area (Å²) in [6, 6.07) is 48.3. The highest BCUT2D eigenvalue weighted by molar-refractivity contribution is 7.25. The van der Waals surface area contributed by atoms with Crippen molar-refractivity contribution in [1.29, 1.82) is 0 Å². The summed E-state index contributed by atoms with van der Waals surface area (Å²) >= 11 is 1.95. The molecule has 1 fully saturated rings. The summed E-state index contributed by atoms with van der Waals surface area (Å²) in [5.41, 5.74) is 25.0. The molecule has 13 rings (SSSR count). The highest BCUT2D eigenvalue weighted by atomic mass is 32.1. The van der Waals surface area contributed by atoms with E-state index in [2.05, 4.69) is 205 Å². The number of para-hydroxylation sites is 2. The van der Waals surface area contributed by atoms with Crippen molar-refractivity contribution in [3.05, 3.63) is 160 Å². The second-order valence-electron chi connectivity index (χ2n) is 23.9. The van der Waals surface area contributed by atoms with Crippen LogP contribution >= 0.6 is 11.3 Å². The van der Waals surface area contributed by atoms with Gasteiger partial charge < -0.3 is 14.6 Å². The van der Waals surface area contributed by atoms with Crippen molar-refractivity contribution < 1.29 is 0 Å². The average Bonchev–Trinajstić information content (AvgIpc) is 3.81. The number of unbranched alkanes of at least 4 members (excludes halogenated alkanes) is 1. The summed E-state index contributed by atoms with van der Waals surface area (Å²) in [7, 11) is 0. The van der Waals surface area contributed by atoms with E-state index in [1.54, 1.807) is 5.56 Å². The molecule has 3 aliphatic heterocycles. The molecule has 7 aromatic carbocycles. The van der Waals surface area contributed by atoms with Crippen molar-refractivity contribution >= 4 is 89.1 Å². The number of aryl methyl sites for hydroxylation is 4. The first-order valence-corrected chi connectivity index (χ1v) is 27.4. The van der Waals surface area contributed by atoms with Crippen LogP contribution in [-0.2, 0) is 22.7 Å². The molecule has 0 saturated heterocycles. The highest BCUT2D eigenvalue weighted by Gasteiger charge is 2.62. The molecule has 2 unspecified atom stereocenters. The predicted molar refractivity (Wildman–Crippen MR) is 304 cm³/mol. The third kappa shape index (κ3) is 6.06. The Bertz CT molecular complexity index is 3460. The van der Waals surface area contributed by atoms with Gasteiger partial charge >= 0.3 is 6.85 Å². The Balaban J connectivity index is 1.20. The van der Waals surface area contributed by atoms with Crippen LogP contribution in [0.3, 0.4) is 0 Å². The number of hydrogen-bond donors (Lipinski definition) is 0. The van der Waals surface area contributed by atoms with Gasteiger partial charge in [0.05, 0.1) is 5.54 Å². The fourth-order valence-electron chi connectivity index (χ4n) is 14.5. The van der Waals surface area contributed by atoms with Crippen LogP contribution in [0.4, 0.5) is 39.8 Å². The molecule has 2 aliphatic carbocycles. The lowest BCUT2D eigenvalue weighted by Crippen LogP contribution is -2.64. The van der Waals surface area contributed by atoms with Gasteiger partial charge in [0.2, 0.25) is 0 Å². The Kier molecular flexibility index (Phi) is 9.70. The molecule has 70 heavy (non-hydrogen) atoms. The van der Waals surface area contributed by atoms with E-state index in [0.717, 1.165) is 6.42 Å². The molecule has 0 amide bonds. The first-order chi connectivity index (χ1) is 33.6. The zero-order chi connectivity index (χ0) is 48.2. The quantitative estimate of drug-likeness (QED) is 0.147. The molecule has 5 aliphatic rings. The van der Waals surface area contributed by atoms with Crippen LogP contribution in [0.1, 0.15) is 139 Å². The number of thiophene rings is 1. The number of fused-ring (bicyclic) bond motifs is 11. The third-order valence-corrected chi connectivity index (χ3v) is 19.9. The van der Waals surface area contributed by atoms with Gasteiger partial charge in [0.25, 0.3) is 0 Å². The molecule has 8 aromatic rings. The molecule has 2 atom stereocenters. The topological polar surface area (TPSA) is 9.72 Å². The van der Waals surface area contributed by atoms with Crippen LogP contribution in [0.2, 0.25) is 0 Å². The van der Waals surface area contributed by atoms with E-state index in [-0.39, 0.29) is 28.6 Å². The molecule has 5 heteroatoms. The first-order valence-electron chi connectivity index (χ1n) is 26.6. The van der Waals surface area contributed by atoms with Gasteiger partial charge in [0, 0.05) is 71.0 Å². The van der Waals surface area contributed by atoms with Crippen molar-refractivity contribution in [1.82, 2.24) is 0 Å². The largest absolute Gasteiger partial charge is 0.376 e. The number of anilines is 7. The van der Waals surface area contributed by atoms with E-state index in [4.69, 9.17) is 0 Å². The SMILES string of the molecule is CCCCc1cc2c3c(c1)C1(C)CCCCC1(C)N3c1cc(N(c3ccccc3C)c3ccccc3C)cc3c1B2N(c1cc2c(cc1C)C(C)(C)CCC2(C)C)c1cc2c(cc1-3)sc1ccccc12. The van der Waals surface area contributed by atoms with Gasteiger partial charge in [-0.25, -0.2) is 0 Å². The van der Waals surface area contributed by atoms with Gasteiger partial charge in [-0.15, -0.1) is 11.3 Å². The maximum atomic E-state index is 2.94. The van der Waals surface area contributed by atoms with Crippen molar-refractivity contribution in [2.24, 2.45) is 0 Å². The molecular formula is C65H68BN3S. The monoisotopic (exact) mass is 934 g/mol. The van der Waals surface area contributed by atoms with E-state index in [9.17, 15) is 0 Å². The fourth-order valence-corrected chi connectivity index (χ4v) is 15.6. The van der Waals surface area contributed by atoms with Crippen molar-refractivity contribution in [2.75, 3.05) is 14.6 Å². The van der Waals surface area contributed by atoms with Gasteiger partial charge in [0.1, 0.15) is 0 Å². The smallest absolute Gasteiger partial charge is 0.333 e. The van der Waals surface area contributed by atoms with Crippen LogP contribution < -0.4 is 25.5 Å². The lowest BCUT2D eigenvalue weighted by atomic mass is 9.43. The summed E-state index contributed by atoms with van der Waals surface area (Å²) in [6.07, 6.45) is 10.8. The molecular weight excluding hydrogens is 866 g/mol. The maximum Gasteiger partial charge on any atom is 0.333 e. The average molecular weight is 934 g/mol. The summed E-state index contributed by atoms with van der Waals surface area (Å²) in [5.74, 6) is 0. The minimum atomic E-state index is -0.100. The van der Waals surface area contributed by atoms with Crippen LogP contribution in [0, 0.1) is 20.8 Å². The van der Waals surface area contributed by atoms with Gasteiger partial charge in [0.15, 0.2) is 0 Å². The molecule has 1 saturated carbocycles. The zero-order valence-electron chi connectivity index (χ0n) is 43.2. The lowest BCUT2D eigenvalue weighted by Gasteiger charge is -2.53. The molecule has 0 spiro atoms. The van der Waals surface area contributed by atoms with Gasteiger partial charge in [-0.05, 0) is 181 Å². The predicted octanol–water partition coefficient (Wildman–Crippen LogP) is 17.1.